The van der Waals surface area contributed by atoms with Crippen molar-refractivity contribution in [2.24, 2.45) is 0 Å². The summed E-state index contributed by atoms with van der Waals surface area (Å²) in [6.07, 6.45) is 1.68. The standard InChI is InChI=1S/C10H5ClN2OS/c11-10-13-12-9(15-10)7-5-14-8-4-2-1-3-6(7)8/h1-5H. The van der Waals surface area contributed by atoms with Crippen molar-refractivity contribution in [2.45, 2.75) is 0 Å². The lowest BCUT2D eigenvalue weighted by atomic mass is 10.2. The molecule has 0 bridgehead atoms. The summed E-state index contributed by atoms with van der Waals surface area (Å²) in [5.74, 6) is 0. The van der Waals surface area contributed by atoms with E-state index in [1.54, 1.807) is 6.26 Å². The van der Waals surface area contributed by atoms with Gasteiger partial charge in [-0.1, -0.05) is 29.5 Å². The number of nitrogens with zero attached hydrogens (tertiary/aromatic N) is 2. The summed E-state index contributed by atoms with van der Waals surface area (Å²) in [5, 5.41) is 9.57. The summed E-state index contributed by atoms with van der Waals surface area (Å²) in [6.45, 7) is 0. The number of hydrogen-bond acceptors (Lipinski definition) is 4. The third-order valence-corrected chi connectivity index (χ3v) is 3.16. The number of halogens is 1. The zero-order chi connectivity index (χ0) is 10.3. The van der Waals surface area contributed by atoms with E-state index < -0.39 is 0 Å². The van der Waals surface area contributed by atoms with E-state index >= 15 is 0 Å². The first-order valence-electron chi connectivity index (χ1n) is 4.30. The van der Waals surface area contributed by atoms with Gasteiger partial charge in [-0.05, 0) is 17.7 Å². The van der Waals surface area contributed by atoms with Gasteiger partial charge in [0, 0.05) is 5.39 Å². The van der Waals surface area contributed by atoms with Crippen LogP contribution in [0.25, 0.3) is 21.5 Å². The van der Waals surface area contributed by atoms with E-state index in [0.29, 0.717) is 4.47 Å². The van der Waals surface area contributed by atoms with Gasteiger partial charge in [0.25, 0.3) is 0 Å². The summed E-state index contributed by atoms with van der Waals surface area (Å²) in [7, 11) is 0. The van der Waals surface area contributed by atoms with Crippen LogP contribution in [0.5, 0.6) is 0 Å². The Kier molecular flexibility index (Phi) is 1.97. The van der Waals surface area contributed by atoms with Gasteiger partial charge in [0.05, 0.1) is 5.56 Å². The lowest BCUT2D eigenvalue weighted by Gasteiger charge is -1.89. The summed E-state index contributed by atoms with van der Waals surface area (Å²) < 4.78 is 5.85. The van der Waals surface area contributed by atoms with Crippen LogP contribution in [0.2, 0.25) is 4.47 Å². The normalized spacial score (nSPS) is 11.0. The molecule has 3 aromatic rings. The average Bonchev–Trinajstić information content (AvgIpc) is 2.83. The Morgan fingerprint density at radius 1 is 1.20 bits per heavy atom. The van der Waals surface area contributed by atoms with Gasteiger partial charge < -0.3 is 4.42 Å². The zero-order valence-corrected chi connectivity index (χ0v) is 9.05. The smallest absolute Gasteiger partial charge is 0.207 e. The van der Waals surface area contributed by atoms with Crippen molar-refractivity contribution >= 4 is 33.9 Å². The third-order valence-electron chi connectivity index (χ3n) is 2.11. The molecule has 2 heterocycles. The third kappa shape index (κ3) is 1.42. The summed E-state index contributed by atoms with van der Waals surface area (Å²) >= 11 is 7.09. The molecule has 74 valence electrons. The molecule has 2 aromatic heterocycles. The minimum absolute atomic E-state index is 0.440. The number of para-hydroxylation sites is 1. The molecule has 0 atom stereocenters. The summed E-state index contributed by atoms with van der Waals surface area (Å²) in [4.78, 5) is 0. The van der Waals surface area contributed by atoms with Crippen molar-refractivity contribution in [3.63, 3.8) is 0 Å². The minimum Gasteiger partial charge on any atom is -0.464 e. The Bertz CT molecular complexity index is 616. The molecule has 15 heavy (non-hydrogen) atoms. The van der Waals surface area contributed by atoms with Gasteiger partial charge in [-0.2, -0.15) is 0 Å². The Hall–Kier alpha value is -1.39. The minimum atomic E-state index is 0.440. The lowest BCUT2D eigenvalue weighted by molar-refractivity contribution is 0.617. The fourth-order valence-corrected chi connectivity index (χ4v) is 2.31. The number of rotatable bonds is 1. The molecule has 0 saturated heterocycles. The molecule has 0 spiro atoms. The molecule has 0 unspecified atom stereocenters. The van der Waals surface area contributed by atoms with Crippen LogP contribution >= 0.6 is 22.9 Å². The Morgan fingerprint density at radius 3 is 2.87 bits per heavy atom. The highest BCUT2D eigenvalue weighted by atomic mass is 35.5. The molecule has 0 aliphatic rings. The van der Waals surface area contributed by atoms with Crippen LogP contribution in [0.4, 0.5) is 0 Å². The predicted octanol–water partition coefficient (Wildman–Crippen LogP) is 3.60. The monoisotopic (exact) mass is 236 g/mol. The molecular formula is C10H5ClN2OS. The Balaban J connectivity index is 2.27. The fourth-order valence-electron chi connectivity index (χ4n) is 1.46. The first kappa shape index (κ1) is 8.88. The molecule has 0 N–H and O–H groups in total. The number of benzene rings is 1. The SMILES string of the molecule is Clc1nnc(-c2coc3ccccc23)s1. The van der Waals surface area contributed by atoms with Crippen LogP contribution in [-0.4, -0.2) is 10.2 Å². The molecule has 5 heteroatoms. The van der Waals surface area contributed by atoms with Crippen LogP contribution in [0, 0.1) is 0 Å². The largest absolute Gasteiger partial charge is 0.464 e. The zero-order valence-electron chi connectivity index (χ0n) is 7.48. The van der Waals surface area contributed by atoms with Gasteiger partial charge >= 0.3 is 0 Å². The summed E-state index contributed by atoms with van der Waals surface area (Å²) in [6, 6.07) is 7.80. The van der Waals surface area contributed by atoms with Gasteiger partial charge in [0.15, 0.2) is 5.01 Å². The highest BCUT2D eigenvalue weighted by Crippen LogP contribution is 2.33. The Morgan fingerprint density at radius 2 is 2.07 bits per heavy atom. The molecule has 0 aliphatic carbocycles. The van der Waals surface area contributed by atoms with Gasteiger partial charge in [-0.25, -0.2) is 0 Å². The topological polar surface area (TPSA) is 38.9 Å². The van der Waals surface area contributed by atoms with E-state index in [4.69, 9.17) is 16.0 Å². The first-order chi connectivity index (χ1) is 7.34. The maximum atomic E-state index is 5.74. The number of hydrogen-bond donors (Lipinski definition) is 0. The van der Waals surface area contributed by atoms with Crippen LogP contribution in [0.3, 0.4) is 0 Å². The highest BCUT2D eigenvalue weighted by molar-refractivity contribution is 7.18. The van der Waals surface area contributed by atoms with Crippen LogP contribution in [0.15, 0.2) is 34.9 Å². The molecule has 3 rings (SSSR count). The quantitative estimate of drug-likeness (QED) is 0.648. The van der Waals surface area contributed by atoms with E-state index in [-0.39, 0.29) is 0 Å². The van der Waals surface area contributed by atoms with Crippen molar-refractivity contribution in [3.8, 4) is 10.6 Å². The van der Waals surface area contributed by atoms with Crippen molar-refractivity contribution in [1.29, 1.82) is 0 Å². The second-order valence-corrected chi connectivity index (χ2v) is 4.57. The van der Waals surface area contributed by atoms with Gasteiger partial charge in [0.1, 0.15) is 11.8 Å². The van der Waals surface area contributed by atoms with E-state index in [0.717, 1.165) is 21.5 Å². The van der Waals surface area contributed by atoms with E-state index in [1.807, 2.05) is 24.3 Å². The molecule has 1 aromatic carbocycles. The lowest BCUT2D eigenvalue weighted by Crippen LogP contribution is -1.73. The van der Waals surface area contributed by atoms with Gasteiger partial charge in [0.2, 0.25) is 4.47 Å². The van der Waals surface area contributed by atoms with Gasteiger partial charge in [-0.3, -0.25) is 0 Å². The molecule has 0 amide bonds. The van der Waals surface area contributed by atoms with Crippen LogP contribution in [0.1, 0.15) is 0 Å². The maximum Gasteiger partial charge on any atom is 0.207 e. The fraction of sp³-hybridized carbons (Fsp3) is 0. The van der Waals surface area contributed by atoms with Crippen LogP contribution in [-0.2, 0) is 0 Å². The van der Waals surface area contributed by atoms with Crippen molar-refractivity contribution < 1.29 is 4.42 Å². The molecule has 0 saturated carbocycles. The second kappa shape index (κ2) is 3.32. The predicted molar refractivity (Wildman–Crippen MR) is 60.1 cm³/mol. The number of fused-ring (bicyclic) bond motifs is 1. The number of furan rings is 1. The van der Waals surface area contributed by atoms with E-state index in [9.17, 15) is 0 Å². The number of aromatic nitrogens is 2. The molecule has 0 aliphatic heterocycles. The van der Waals surface area contributed by atoms with Crippen LogP contribution < -0.4 is 0 Å². The van der Waals surface area contributed by atoms with E-state index in [1.165, 1.54) is 11.3 Å². The Labute approximate surface area is 94.3 Å². The molecule has 3 nitrogen and oxygen atoms in total. The van der Waals surface area contributed by atoms with E-state index in [2.05, 4.69) is 10.2 Å². The molecule has 0 fully saturated rings. The maximum absolute atomic E-state index is 5.74. The molecule has 0 radical (unpaired) electrons. The average molecular weight is 237 g/mol. The first-order valence-corrected chi connectivity index (χ1v) is 5.49. The van der Waals surface area contributed by atoms with Crippen molar-refractivity contribution in [2.75, 3.05) is 0 Å². The van der Waals surface area contributed by atoms with Crippen molar-refractivity contribution in [3.05, 3.63) is 35.0 Å². The van der Waals surface area contributed by atoms with Crippen molar-refractivity contribution in [1.82, 2.24) is 10.2 Å². The summed E-state index contributed by atoms with van der Waals surface area (Å²) in [5.41, 5.74) is 1.79. The highest BCUT2D eigenvalue weighted by Gasteiger charge is 2.11. The van der Waals surface area contributed by atoms with Gasteiger partial charge in [-0.15, -0.1) is 10.2 Å². The second-order valence-electron chi connectivity index (χ2n) is 3.01. The molecular weight excluding hydrogens is 232 g/mol.